The van der Waals surface area contributed by atoms with E-state index in [1.165, 1.54) is 19.3 Å². The number of aliphatic carboxylic acids is 1. The fourth-order valence-electron chi connectivity index (χ4n) is 3.28. The molecule has 0 unspecified atom stereocenters. The Morgan fingerprint density at radius 1 is 1.05 bits per heavy atom. The molecule has 0 radical (unpaired) electrons. The van der Waals surface area contributed by atoms with Gasteiger partial charge in [-0.2, -0.15) is 0 Å². The Bertz CT molecular complexity index is 322. The summed E-state index contributed by atoms with van der Waals surface area (Å²) in [4.78, 5) is 25.0. The number of unbranched alkanes of at least 4 members (excludes halogenated alkanes) is 1. The molecule has 122 valence electrons. The molecule has 0 heterocycles. The van der Waals surface area contributed by atoms with E-state index < -0.39 is 5.97 Å². The maximum absolute atomic E-state index is 12.6. The summed E-state index contributed by atoms with van der Waals surface area (Å²) in [7, 11) is 0. The maximum atomic E-state index is 12.6. The second kappa shape index (κ2) is 9.80. The van der Waals surface area contributed by atoms with E-state index in [1.54, 1.807) is 4.90 Å². The number of carboxylic acids is 1. The topological polar surface area (TPSA) is 57.6 Å². The lowest BCUT2D eigenvalue weighted by molar-refractivity contribution is -0.140. The van der Waals surface area contributed by atoms with Crippen molar-refractivity contribution < 1.29 is 14.7 Å². The molecular formula is C17H31NO3. The lowest BCUT2D eigenvalue weighted by Crippen LogP contribution is -2.39. The number of carbonyl (C=O) groups excluding carboxylic acids is 1. The van der Waals surface area contributed by atoms with E-state index in [4.69, 9.17) is 5.11 Å². The van der Waals surface area contributed by atoms with Crippen LogP contribution in [0.2, 0.25) is 0 Å². The third-order valence-corrected chi connectivity index (χ3v) is 4.56. The van der Waals surface area contributed by atoms with Gasteiger partial charge in [0.05, 0.1) is 6.42 Å². The van der Waals surface area contributed by atoms with E-state index in [-0.39, 0.29) is 18.2 Å². The molecule has 1 N–H and O–H groups in total. The lowest BCUT2D eigenvalue weighted by Gasteiger charge is -2.32. The van der Waals surface area contributed by atoms with Gasteiger partial charge in [-0.3, -0.25) is 9.59 Å². The Balaban J connectivity index is 2.43. The standard InChI is InChI=1S/C17H31NO3/c1-3-5-6-14-7-9-15(10-8-14)17(21)18(12-4-2)13-11-16(19)20/h14-15H,3-13H2,1-2H3,(H,19,20). The van der Waals surface area contributed by atoms with Crippen molar-refractivity contribution in [3.8, 4) is 0 Å². The van der Waals surface area contributed by atoms with E-state index in [0.29, 0.717) is 13.1 Å². The van der Waals surface area contributed by atoms with Crippen LogP contribution in [0, 0.1) is 11.8 Å². The van der Waals surface area contributed by atoms with Crippen LogP contribution in [-0.2, 0) is 9.59 Å². The second-order valence-corrected chi connectivity index (χ2v) is 6.33. The zero-order valence-corrected chi connectivity index (χ0v) is 13.6. The van der Waals surface area contributed by atoms with Gasteiger partial charge in [-0.15, -0.1) is 0 Å². The van der Waals surface area contributed by atoms with E-state index >= 15 is 0 Å². The molecule has 0 aliphatic heterocycles. The normalized spacial score (nSPS) is 22.0. The Hall–Kier alpha value is -1.06. The van der Waals surface area contributed by atoms with Crippen LogP contribution in [0.25, 0.3) is 0 Å². The number of hydrogen-bond acceptors (Lipinski definition) is 2. The van der Waals surface area contributed by atoms with Crippen LogP contribution < -0.4 is 0 Å². The van der Waals surface area contributed by atoms with Crippen LogP contribution in [0.1, 0.15) is 71.6 Å². The molecule has 0 spiro atoms. The zero-order valence-electron chi connectivity index (χ0n) is 13.6. The molecule has 1 saturated carbocycles. The SMILES string of the molecule is CCCCC1CCC(C(=O)N(CCC)CCC(=O)O)CC1. The molecule has 1 amide bonds. The third kappa shape index (κ3) is 6.49. The molecule has 1 aliphatic rings. The zero-order chi connectivity index (χ0) is 15.7. The Kier molecular flexibility index (Phi) is 8.40. The number of amides is 1. The minimum Gasteiger partial charge on any atom is -0.481 e. The summed E-state index contributed by atoms with van der Waals surface area (Å²) < 4.78 is 0. The largest absolute Gasteiger partial charge is 0.481 e. The second-order valence-electron chi connectivity index (χ2n) is 6.33. The monoisotopic (exact) mass is 297 g/mol. The quantitative estimate of drug-likeness (QED) is 0.706. The molecule has 1 rings (SSSR count). The summed E-state index contributed by atoms with van der Waals surface area (Å²) in [6.45, 7) is 5.29. The van der Waals surface area contributed by atoms with Gasteiger partial charge in [0, 0.05) is 19.0 Å². The first kappa shape index (κ1) is 18.0. The third-order valence-electron chi connectivity index (χ3n) is 4.56. The number of carboxylic acid groups (broad SMARTS) is 1. The molecule has 1 aliphatic carbocycles. The van der Waals surface area contributed by atoms with Gasteiger partial charge in [0.2, 0.25) is 5.91 Å². The minimum absolute atomic E-state index is 0.0532. The van der Waals surface area contributed by atoms with Gasteiger partial charge in [0.1, 0.15) is 0 Å². The van der Waals surface area contributed by atoms with Gasteiger partial charge >= 0.3 is 5.97 Å². The Morgan fingerprint density at radius 2 is 1.71 bits per heavy atom. The summed E-state index contributed by atoms with van der Waals surface area (Å²) >= 11 is 0. The average molecular weight is 297 g/mol. The highest BCUT2D eigenvalue weighted by molar-refractivity contribution is 5.79. The summed E-state index contributed by atoms with van der Waals surface area (Å²) in [5, 5.41) is 8.80. The maximum Gasteiger partial charge on any atom is 0.305 e. The number of nitrogens with zero attached hydrogens (tertiary/aromatic N) is 1. The average Bonchev–Trinajstić information content (AvgIpc) is 2.49. The van der Waals surface area contributed by atoms with E-state index in [0.717, 1.165) is 38.0 Å². The summed E-state index contributed by atoms with van der Waals surface area (Å²) in [6.07, 6.45) is 9.08. The lowest BCUT2D eigenvalue weighted by atomic mass is 9.79. The highest BCUT2D eigenvalue weighted by Crippen LogP contribution is 2.32. The molecule has 0 aromatic carbocycles. The molecule has 0 aromatic rings. The summed E-state index contributed by atoms with van der Waals surface area (Å²) in [6, 6.07) is 0. The molecular weight excluding hydrogens is 266 g/mol. The smallest absolute Gasteiger partial charge is 0.305 e. The van der Waals surface area contributed by atoms with Crippen molar-refractivity contribution in [1.82, 2.24) is 4.90 Å². The van der Waals surface area contributed by atoms with E-state index in [2.05, 4.69) is 6.92 Å². The van der Waals surface area contributed by atoms with E-state index in [1.807, 2.05) is 6.92 Å². The number of hydrogen-bond donors (Lipinski definition) is 1. The Morgan fingerprint density at radius 3 is 2.24 bits per heavy atom. The first-order chi connectivity index (χ1) is 10.1. The van der Waals surface area contributed by atoms with Crippen LogP contribution in [0.3, 0.4) is 0 Å². The fraction of sp³-hybridized carbons (Fsp3) is 0.882. The van der Waals surface area contributed by atoms with Crippen LogP contribution >= 0.6 is 0 Å². The van der Waals surface area contributed by atoms with Gasteiger partial charge in [-0.1, -0.05) is 33.1 Å². The first-order valence-electron chi connectivity index (χ1n) is 8.59. The van der Waals surface area contributed by atoms with Crippen molar-refractivity contribution in [2.24, 2.45) is 11.8 Å². The van der Waals surface area contributed by atoms with Crippen molar-refractivity contribution >= 4 is 11.9 Å². The van der Waals surface area contributed by atoms with Gasteiger partial charge in [-0.25, -0.2) is 0 Å². The van der Waals surface area contributed by atoms with Gasteiger partial charge in [0.15, 0.2) is 0 Å². The summed E-state index contributed by atoms with van der Waals surface area (Å²) in [5.41, 5.74) is 0. The first-order valence-corrected chi connectivity index (χ1v) is 8.59. The van der Waals surface area contributed by atoms with Crippen LogP contribution in [-0.4, -0.2) is 35.0 Å². The highest BCUT2D eigenvalue weighted by Gasteiger charge is 2.29. The van der Waals surface area contributed by atoms with E-state index in [9.17, 15) is 9.59 Å². The fourth-order valence-corrected chi connectivity index (χ4v) is 3.28. The van der Waals surface area contributed by atoms with Crippen molar-refractivity contribution in [2.75, 3.05) is 13.1 Å². The molecule has 21 heavy (non-hydrogen) atoms. The molecule has 0 atom stereocenters. The van der Waals surface area contributed by atoms with Crippen molar-refractivity contribution in [1.29, 1.82) is 0 Å². The molecule has 0 bridgehead atoms. The predicted octanol–water partition coefficient (Wildman–Crippen LogP) is 3.70. The predicted molar refractivity (Wildman–Crippen MR) is 84.1 cm³/mol. The highest BCUT2D eigenvalue weighted by atomic mass is 16.4. The van der Waals surface area contributed by atoms with Crippen LogP contribution in [0.15, 0.2) is 0 Å². The summed E-state index contributed by atoms with van der Waals surface area (Å²) in [5.74, 6) is 0.287. The van der Waals surface area contributed by atoms with Gasteiger partial charge in [-0.05, 0) is 38.0 Å². The molecule has 4 nitrogen and oxygen atoms in total. The molecule has 1 fully saturated rings. The van der Waals surface area contributed by atoms with Crippen LogP contribution in [0.4, 0.5) is 0 Å². The van der Waals surface area contributed by atoms with Gasteiger partial charge < -0.3 is 10.0 Å². The Labute approximate surface area is 128 Å². The van der Waals surface area contributed by atoms with Crippen molar-refractivity contribution in [2.45, 2.75) is 71.6 Å². The van der Waals surface area contributed by atoms with Crippen LogP contribution in [0.5, 0.6) is 0 Å². The minimum atomic E-state index is -0.827. The molecule has 4 heteroatoms. The molecule has 0 saturated heterocycles. The number of rotatable bonds is 9. The van der Waals surface area contributed by atoms with Gasteiger partial charge in [0.25, 0.3) is 0 Å². The van der Waals surface area contributed by atoms with Crippen molar-refractivity contribution in [3.63, 3.8) is 0 Å². The number of carbonyl (C=O) groups is 2. The molecule has 0 aromatic heterocycles. The van der Waals surface area contributed by atoms with Crippen molar-refractivity contribution in [3.05, 3.63) is 0 Å².